The van der Waals surface area contributed by atoms with Gasteiger partial charge in [0.25, 0.3) is 5.91 Å². The van der Waals surface area contributed by atoms with Crippen molar-refractivity contribution in [3.63, 3.8) is 0 Å². The summed E-state index contributed by atoms with van der Waals surface area (Å²) in [5.41, 5.74) is 0.746. The molecule has 1 fully saturated rings. The topological polar surface area (TPSA) is 55.8 Å². The maximum atomic E-state index is 13.0. The Hall–Kier alpha value is -2.82. The van der Waals surface area contributed by atoms with Gasteiger partial charge >= 0.3 is 0 Å². The first-order valence-electron chi connectivity index (χ1n) is 9.44. The molecule has 2 aromatic rings. The second-order valence-electron chi connectivity index (χ2n) is 7.10. The number of amides is 1. The lowest BCUT2D eigenvalue weighted by Gasteiger charge is -2.44. The molecule has 5 nitrogen and oxygen atoms in total. The quantitative estimate of drug-likeness (QED) is 0.832. The SMILES string of the molecule is CCOc1ccccc1C(=O)N1CCC2(CC1)CC(=O)c1ccccc1O2. The van der Waals surface area contributed by atoms with E-state index in [1.165, 1.54) is 0 Å². The molecule has 140 valence electrons. The highest BCUT2D eigenvalue weighted by Gasteiger charge is 2.43. The van der Waals surface area contributed by atoms with Gasteiger partial charge in [-0.15, -0.1) is 0 Å². The Morgan fingerprint density at radius 2 is 1.81 bits per heavy atom. The molecule has 0 N–H and O–H groups in total. The molecule has 2 aliphatic rings. The molecule has 0 aromatic heterocycles. The summed E-state index contributed by atoms with van der Waals surface area (Å²) in [5.74, 6) is 1.37. The average molecular weight is 365 g/mol. The molecule has 1 amide bonds. The van der Waals surface area contributed by atoms with Crippen LogP contribution < -0.4 is 9.47 Å². The van der Waals surface area contributed by atoms with E-state index in [1.54, 1.807) is 6.07 Å². The molecule has 5 heteroatoms. The van der Waals surface area contributed by atoms with Crippen LogP contribution in [0.15, 0.2) is 48.5 Å². The van der Waals surface area contributed by atoms with Crippen molar-refractivity contribution in [2.24, 2.45) is 0 Å². The fraction of sp³-hybridized carbons (Fsp3) is 0.364. The van der Waals surface area contributed by atoms with E-state index in [9.17, 15) is 9.59 Å². The number of hydrogen-bond acceptors (Lipinski definition) is 4. The van der Waals surface area contributed by atoms with Crippen LogP contribution >= 0.6 is 0 Å². The summed E-state index contributed by atoms with van der Waals surface area (Å²) in [5, 5.41) is 0. The fourth-order valence-electron chi connectivity index (χ4n) is 3.93. The lowest BCUT2D eigenvalue weighted by molar-refractivity contribution is -0.00576. The minimum atomic E-state index is -0.498. The van der Waals surface area contributed by atoms with E-state index in [2.05, 4.69) is 0 Å². The van der Waals surface area contributed by atoms with Crippen LogP contribution in [0.1, 0.15) is 46.9 Å². The van der Waals surface area contributed by atoms with E-state index in [1.807, 2.05) is 54.3 Å². The summed E-state index contributed by atoms with van der Waals surface area (Å²) in [6, 6.07) is 14.7. The third kappa shape index (κ3) is 3.29. The maximum absolute atomic E-state index is 13.0. The molecule has 0 unspecified atom stereocenters. The number of ether oxygens (including phenoxy) is 2. The molecule has 27 heavy (non-hydrogen) atoms. The summed E-state index contributed by atoms with van der Waals surface area (Å²) in [6.45, 7) is 3.55. The number of fused-ring (bicyclic) bond motifs is 1. The van der Waals surface area contributed by atoms with Crippen LogP contribution in [0.4, 0.5) is 0 Å². The highest BCUT2D eigenvalue weighted by molar-refractivity contribution is 6.00. The van der Waals surface area contributed by atoms with Gasteiger partial charge in [0.1, 0.15) is 17.1 Å². The highest BCUT2D eigenvalue weighted by Crippen LogP contribution is 2.39. The predicted octanol–water partition coefficient (Wildman–Crippen LogP) is 3.73. The second kappa shape index (κ2) is 7.06. The van der Waals surface area contributed by atoms with Crippen LogP contribution in [0.3, 0.4) is 0 Å². The first-order valence-corrected chi connectivity index (χ1v) is 9.44. The second-order valence-corrected chi connectivity index (χ2v) is 7.10. The molecule has 1 spiro atoms. The van der Waals surface area contributed by atoms with Crippen LogP contribution in [0, 0.1) is 0 Å². The molecule has 1 saturated heterocycles. The molecule has 0 saturated carbocycles. The van der Waals surface area contributed by atoms with Gasteiger partial charge in [-0.1, -0.05) is 24.3 Å². The summed E-state index contributed by atoms with van der Waals surface area (Å²) in [7, 11) is 0. The Morgan fingerprint density at radius 1 is 1.11 bits per heavy atom. The lowest BCUT2D eigenvalue weighted by atomic mass is 9.82. The molecule has 0 atom stereocenters. The van der Waals surface area contributed by atoms with E-state index in [4.69, 9.17) is 9.47 Å². The zero-order chi connectivity index (χ0) is 18.9. The Balaban J connectivity index is 1.48. The number of carbonyl (C=O) groups excluding carboxylic acids is 2. The van der Waals surface area contributed by atoms with E-state index >= 15 is 0 Å². The van der Waals surface area contributed by atoms with Crippen LogP contribution in [-0.4, -0.2) is 41.9 Å². The summed E-state index contributed by atoms with van der Waals surface area (Å²) < 4.78 is 11.8. The lowest BCUT2D eigenvalue weighted by Crippen LogP contribution is -2.52. The van der Waals surface area contributed by atoms with Gasteiger partial charge in [-0.2, -0.15) is 0 Å². The van der Waals surface area contributed by atoms with Crippen molar-refractivity contribution in [3.05, 3.63) is 59.7 Å². The van der Waals surface area contributed by atoms with E-state index in [-0.39, 0.29) is 11.7 Å². The van der Waals surface area contributed by atoms with Crippen LogP contribution in [0.5, 0.6) is 11.5 Å². The van der Waals surface area contributed by atoms with Crippen molar-refractivity contribution in [1.29, 1.82) is 0 Å². The molecule has 0 radical (unpaired) electrons. The van der Waals surface area contributed by atoms with Crippen molar-refractivity contribution in [2.45, 2.75) is 31.8 Å². The number of ketones is 1. The fourth-order valence-corrected chi connectivity index (χ4v) is 3.93. The number of para-hydroxylation sites is 2. The van der Waals surface area contributed by atoms with Crippen LogP contribution in [0.25, 0.3) is 0 Å². The molecule has 2 aromatic carbocycles. The molecule has 4 rings (SSSR count). The molecular weight excluding hydrogens is 342 g/mol. The van der Waals surface area contributed by atoms with Crippen LogP contribution in [0.2, 0.25) is 0 Å². The molecule has 2 aliphatic heterocycles. The molecular formula is C22H23NO4. The summed E-state index contributed by atoms with van der Waals surface area (Å²) >= 11 is 0. The zero-order valence-corrected chi connectivity index (χ0v) is 15.4. The van der Waals surface area contributed by atoms with Gasteiger partial charge in [-0.25, -0.2) is 0 Å². The monoisotopic (exact) mass is 365 g/mol. The van der Waals surface area contributed by atoms with Crippen molar-refractivity contribution >= 4 is 11.7 Å². The average Bonchev–Trinajstić information content (AvgIpc) is 2.69. The number of Topliss-reactive ketones (excluding diaryl/α,β-unsaturated/α-hetero) is 1. The number of nitrogens with zero attached hydrogens (tertiary/aromatic N) is 1. The maximum Gasteiger partial charge on any atom is 0.257 e. The third-order valence-corrected chi connectivity index (χ3v) is 5.38. The predicted molar refractivity (Wildman–Crippen MR) is 101 cm³/mol. The Kier molecular flexibility index (Phi) is 4.60. The van der Waals surface area contributed by atoms with Crippen molar-refractivity contribution in [3.8, 4) is 11.5 Å². The molecule has 2 heterocycles. The Labute approximate surface area is 158 Å². The van der Waals surface area contributed by atoms with Crippen molar-refractivity contribution in [1.82, 2.24) is 4.90 Å². The van der Waals surface area contributed by atoms with Crippen molar-refractivity contribution in [2.75, 3.05) is 19.7 Å². The van der Waals surface area contributed by atoms with Gasteiger partial charge in [0.15, 0.2) is 5.78 Å². The number of benzene rings is 2. The first-order chi connectivity index (χ1) is 13.1. The first kappa shape index (κ1) is 17.6. The number of rotatable bonds is 3. The third-order valence-electron chi connectivity index (χ3n) is 5.38. The molecule has 0 bridgehead atoms. The highest BCUT2D eigenvalue weighted by atomic mass is 16.5. The minimum Gasteiger partial charge on any atom is -0.493 e. The van der Waals surface area contributed by atoms with Gasteiger partial charge in [-0.05, 0) is 31.2 Å². The van der Waals surface area contributed by atoms with E-state index in [0.29, 0.717) is 61.6 Å². The van der Waals surface area contributed by atoms with Gasteiger partial charge in [0, 0.05) is 25.9 Å². The van der Waals surface area contributed by atoms with Crippen molar-refractivity contribution < 1.29 is 19.1 Å². The zero-order valence-electron chi connectivity index (χ0n) is 15.4. The smallest absolute Gasteiger partial charge is 0.257 e. The van der Waals surface area contributed by atoms with Gasteiger partial charge in [0.05, 0.1) is 24.2 Å². The number of carbonyl (C=O) groups is 2. The summed E-state index contributed by atoms with van der Waals surface area (Å²) in [6.07, 6.45) is 1.67. The van der Waals surface area contributed by atoms with Gasteiger partial charge < -0.3 is 14.4 Å². The normalized spacial score (nSPS) is 18.0. The number of piperidine rings is 1. The van der Waals surface area contributed by atoms with Gasteiger partial charge in [-0.3, -0.25) is 9.59 Å². The van der Waals surface area contributed by atoms with E-state index < -0.39 is 5.60 Å². The Bertz CT molecular complexity index is 868. The largest absolute Gasteiger partial charge is 0.493 e. The number of hydrogen-bond donors (Lipinski definition) is 0. The Morgan fingerprint density at radius 3 is 2.59 bits per heavy atom. The standard InChI is InChI=1S/C22H23NO4/c1-2-26-19-9-5-4-8-17(19)21(25)23-13-11-22(12-14-23)15-18(24)16-7-3-6-10-20(16)27-22/h3-10H,2,11-15H2,1H3. The number of likely N-dealkylation sites (tertiary alicyclic amines) is 1. The van der Waals surface area contributed by atoms with E-state index in [0.717, 1.165) is 0 Å². The van der Waals surface area contributed by atoms with Gasteiger partial charge in [0.2, 0.25) is 0 Å². The summed E-state index contributed by atoms with van der Waals surface area (Å²) in [4.78, 5) is 27.3. The van der Waals surface area contributed by atoms with Crippen LogP contribution in [-0.2, 0) is 0 Å². The molecule has 0 aliphatic carbocycles. The minimum absolute atomic E-state index is 0.0311.